The van der Waals surface area contributed by atoms with E-state index >= 15 is 0 Å². The van der Waals surface area contributed by atoms with Crippen molar-refractivity contribution in [3.63, 3.8) is 0 Å². The van der Waals surface area contributed by atoms with Gasteiger partial charge in [0, 0.05) is 21.8 Å². The van der Waals surface area contributed by atoms with Crippen LogP contribution in [0.1, 0.15) is 15.9 Å². The highest BCUT2D eigenvalue weighted by Crippen LogP contribution is 2.18. The molecule has 7 heteroatoms. The molecule has 104 valence electrons. The fraction of sp³-hybridized carbons (Fsp3) is 0.0769. The number of hydrogen-bond acceptors (Lipinski definition) is 4. The lowest BCUT2D eigenvalue weighted by atomic mass is 10.1. The minimum atomic E-state index is -0.490. The van der Waals surface area contributed by atoms with Crippen LogP contribution in [0.5, 0.6) is 5.75 Å². The Morgan fingerprint density at radius 3 is 2.90 bits per heavy atom. The molecule has 2 aromatic rings. The van der Waals surface area contributed by atoms with E-state index in [-0.39, 0.29) is 17.7 Å². The molecule has 0 saturated carbocycles. The van der Waals surface area contributed by atoms with Gasteiger partial charge in [-0.1, -0.05) is 0 Å². The number of aromatic nitrogens is 1. The van der Waals surface area contributed by atoms with Crippen molar-refractivity contribution < 1.29 is 13.9 Å². The molecular formula is C13H11BrFN3O2. The van der Waals surface area contributed by atoms with Gasteiger partial charge < -0.3 is 4.74 Å². The van der Waals surface area contributed by atoms with Gasteiger partial charge in [-0.05, 0) is 40.2 Å². The number of nitrogens with one attached hydrogen (secondary N) is 1. The zero-order valence-corrected chi connectivity index (χ0v) is 11.9. The van der Waals surface area contributed by atoms with Gasteiger partial charge >= 0.3 is 0 Å². The Morgan fingerprint density at radius 1 is 1.40 bits per heavy atom. The molecule has 0 radical (unpaired) electrons. The Labute approximate surface area is 123 Å². The molecule has 1 aromatic carbocycles. The number of nitrogens with two attached hydrogens (primary N) is 1. The van der Waals surface area contributed by atoms with Crippen molar-refractivity contribution in [2.45, 2.75) is 6.61 Å². The topological polar surface area (TPSA) is 77.2 Å². The van der Waals surface area contributed by atoms with Crippen molar-refractivity contribution in [2.75, 3.05) is 0 Å². The van der Waals surface area contributed by atoms with Crippen LogP contribution in [0.2, 0.25) is 0 Å². The van der Waals surface area contributed by atoms with Gasteiger partial charge in [0.2, 0.25) is 0 Å². The quantitative estimate of drug-likeness (QED) is 0.508. The minimum Gasteiger partial charge on any atom is -0.487 e. The number of pyridine rings is 1. The highest BCUT2D eigenvalue weighted by Gasteiger charge is 2.09. The number of carbonyl (C=O) groups is 1. The first-order valence-electron chi connectivity index (χ1n) is 5.63. The van der Waals surface area contributed by atoms with Gasteiger partial charge in [-0.25, -0.2) is 10.2 Å². The smallest absolute Gasteiger partial charge is 0.265 e. The van der Waals surface area contributed by atoms with Gasteiger partial charge in [0.05, 0.1) is 6.20 Å². The van der Waals surface area contributed by atoms with Crippen LogP contribution in [0.25, 0.3) is 0 Å². The van der Waals surface area contributed by atoms with Crippen LogP contribution in [-0.4, -0.2) is 10.9 Å². The van der Waals surface area contributed by atoms with Crippen molar-refractivity contribution in [3.05, 3.63) is 58.1 Å². The molecular weight excluding hydrogens is 329 g/mol. The Balaban J connectivity index is 2.14. The fourth-order valence-electron chi connectivity index (χ4n) is 1.54. The summed E-state index contributed by atoms with van der Waals surface area (Å²) in [6.07, 6.45) is 3.12. The van der Waals surface area contributed by atoms with E-state index in [1.165, 1.54) is 24.4 Å². The normalized spacial score (nSPS) is 10.2. The third-order valence-electron chi connectivity index (χ3n) is 2.51. The predicted octanol–water partition coefficient (Wildman–Crippen LogP) is 2.17. The first kappa shape index (κ1) is 14.4. The SMILES string of the molecule is NNC(=O)c1ccc(F)c(COc2cncc(Br)c2)c1. The molecule has 3 N–H and O–H groups in total. The molecule has 0 saturated heterocycles. The molecule has 5 nitrogen and oxygen atoms in total. The molecule has 0 aliphatic rings. The monoisotopic (exact) mass is 339 g/mol. The second kappa shape index (κ2) is 6.44. The van der Waals surface area contributed by atoms with Crippen molar-refractivity contribution in [1.29, 1.82) is 0 Å². The molecule has 0 aliphatic heterocycles. The first-order chi connectivity index (χ1) is 9.60. The maximum absolute atomic E-state index is 13.7. The van der Waals surface area contributed by atoms with Crippen LogP contribution < -0.4 is 16.0 Å². The lowest BCUT2D eigenvalue weighted by Gasteiger charge is -2.08. The molecule has 1 aromatic heterocycles. The number of hydrogen-bond donors (Lipinski definition) is 2. The van der Waals surface area contributed by atoms with Gasteiger partial charge in [0.25, 0.3) is 5.91 Å². The summed E-state index contributed by atoms with van der Waals surface area (Å²) in [4.78, 5) is 15.3. The summed E-state index contributed by atoms with van der Waals surface area (Å²) in [6, 6.07) is 5.65. The summed E-state index contributed by atoms with van der Waals surface area (Å²) in [6.45, 7) is -0.0182. The molecule has 1 heterocycles. The Hall–Kier alpha value is -1.99. The number of amides is 1. The number of hydrazine groups is 1. The van der Waals surface area contributed by atoms with Crippen LogP contribution in [0.4, 0.5) is 4.39 Å². The third-order valence-corrected chi connectivity index (χ3v) is 2.95. The van der Waals surface area contributed by atoms with Gasteiger partial charge in [0.15, 0.2) is 0 Å². The number of ether oxygens (including phenoxy) is 1. The number of halogens is 2. The van der Waals surface area contributed by atoms with Gasteiger partial charge in [-0.15, -0.1) is 0 Å². The largest absolute Gasteiger partial charge is 0.487 e. The maximum atomic E-state index is 13.7. The summed E-state index contributed by atoms with van der Waals surface area (Å²) < 4.78 is 19.8. The van der Waals surface area contributed by atoms with E-state index in [0.717, 1.165) is 4.47 Å². The summed E-state index contributed by atoms with van der Waals surface area (Å²) in [5.74, 6) is 4.58. The van der Waals surface area contributed by atoms with E-state index in [4.69, 9.17) is 10.6 Å². The van der Waals surface area contributed by atoms with Crippen LogP contribution >= 0.6 is 15.9 Å². The van der Waals surface area contributed by atoms with Crippen LogP contribution in [-0.2, 0) is 6.61 Å². The lowest BCUT2D eigenvalue weighted by molar-refractivity contribution is 0.0953. The molecule has 0 spiro atoms. The fourth-order valence-corrected chi connectivity index (χ4v) is 1.89. The summed E-state index contributed by atoms with van der Waals surface area (Å²) >= 11 is 3.26. The molecule has 0 bridgehead atoms. The second-order valence-corrected chi connectivity index (χ2v) is 4.82. The highest BCUT2D eigenvalue weighted by molar-refractivity contribution is 9.10. The van der Waals surface area contributed by atoms with E-state index in [9.17, 15) is 9.18 Å². The summed E-state index contributed by atoms with van der Waals surface area (Å²) in [5, 5.41) is 0. The number of nitrogen functional groups attached to an aromatic ring is 1. The number of carbonyl (C=O) groups excluding carboxylic acids is 1. The first-order valence-corrected chi connectivity index (χ1v) is 6.42. The highest BCUT2D eigenvalue weighted by atomic mass is 79.9. The standard InChI is InChI=1S/C13H11BrFN3O2/c14-10-4-11(6-17-5-10)20-7-9-3-8(13(19)18-16)1-2-12(9)15/h1-6H,7,16H2,(H,18,19). The lowest BCUT2D eigenvalue weighted by Crippen LogP contribution is -2.30. The van der Waals surface area contributed by atoms with Crippen molar-refractivity contribution >= 4 is 21.8 Å². The van der Waals surface area contributed by atoms with Crippen LogP contribution in [0, 0.1) is 5.82 Å². The molecule has 2 rings (SSSR count). The van der Waals surface area contributed by atoms with Gasteiger partial charge in [0.1, 0.15) is 18.2 Å². The van der Waals surface area contributed by atoms with Gasteiger partial charge in [-0.3, -0.25) is 15.2 Å². The van der Waals surface area contributed by atoms with Gasteiger partial charge in [-0.2, -0.15) is 0 Å². The minimum absolute atomic E-state index is 0.0182. The number of benzene rings is 1. The zero-order chi connectivity index (χ0) is 14.5. The number of rotatable bonds is 4. The Morgan fingerprint density at radius 2 is 2.20 bits per heavy atom. The molecule has 20 heavy (non-hydrogen) atoms. The second-order valence-electron chi connectivity index (χ2n) is 3.91. The van der Waals surface area contributed by atoms with E-state index in [1.807, 2.05) is 5.43 Å². The molecule has 0 unspecified atom stereocenters. The van der Waals surface area contributed by atoms with E-state index in [2.05, 4.69) is 20.9 Å². The molecule has 1 amide bonds. The van der Waals surface area contributed by atoms with Crippen molar-refractivity contribution in [2.24, 2.45) is 5.84 Å². The Bertz CT molecular complexity index is 637. The third kappa shape index (κ3) is 3.52. The molecule has 0 aliphatic carbocycles. The van der Waals surface area contributed by atoms with E-state index in [0.29, 0.717) is 5.75 Å². The number of nitrogens with zero attached hydrogens (tertiary/aromatic N) is 1. The van der Waals surface area contributed by atoms with Crippen molar-refractivity contribution in [3.8, 4) is 5.75 Å². The molecule has 0 fully saturated rings. The van der Waals surface area contributed by atoms with Crippen LogP contribution in [0.15, 0.2) is 41.1 Å². The molecule has 0 atom stereocenters. The van der Waals surface area contributed by atoms with Crippen LogP contribution in [0.3, 0.4) is 0 Å². The average molecular weight is 340 g/mol. The average Bonchev–Trinajstić information content (AvgIpc) is 2.45. The summed E-state index contributed by atoms with van der Waals surface area (Å²) in [5.41, 5.74) is 2.51. The maximum Gasteiger partial charge on any atom is 0.265 e. The van der Waals surface area contributed by atoms with E-state index < -0.39 is 11.7 Å². The predicted molar refractivity (Wildman–Crippen MR) is 74.3 cm³/mol. The zero-order valence-electron chi connectivity index (χ0n) is 10.3. The summed E-state index contributed by atoms with van der Waals surface area (Å²) in [7, 11) is 0. The van der Waals surface area contributed by atoms with E-state index in [1.54, 1.807) is 12.3 Å². The Kier molecular flexibility index (Phi) is 4.65. The van der Waals surface area contributed by atoms with Crippen molar-refractivity contribution in [1.82, 2.24) is 10.4 Å².